The molecule has 1 amide bonds. The first-order valence-electron chi connectivity index (χ1n) is 15.4. The van der Waals surface area contributed by atoms with E-state index in [2.05, 4.69) is 83.4 Å². The van der Waals surface area contributed by atoms with Crippen LogP contribution in [0, 0.1) is 13.5 Å². The van der Waals surface area contributed by atoms with Crippen molar-refractivity contribution in [3.8, 4) is 6.01 Å². The minimum atomic E-state index is -0.224. The average Bonchev–Trinajstić information content (AvgIpc) is 3.88. The van der Waals surface area contributed by atoms with Crippen LogP contribution in [-0.2, 0) is 17.8 Å². The average molecular weight is 580 g/mol. The number of amides is 1. The molecule has 9 nitrogen and oxygen atoms in total. The van der Waals surface area contributed by atoms with Gasteiger partial charge in [0, 0.05) is 54.9 Å². The van der Waals surface area contributed by atoms with Crippen LogP contribution in [0.1, 0.15) is 36.6 Å². The minimum Gasteiger partial charge on any atom is -0.462 e. The highest BCUT2D eigenvalue weighted by Gasteiger charge is 2.35. The van der Waals surface area contributed by atoms with E-state index in [9.17, 15) is 4.79 Å². The first-order valence-corrected chi connectivity index (χ1v) is 15.4. The Hall–Kier alpha value is -4.16. The molecule has 3 heterocycles. The number of ether oxygens (including phenoxy) is 1. The number of benzene rings is 2. The zero-order valence-corrected chi connectivity index (χ0v) is 25.5. The van der Waals surface area contributed by atoms with Gasteiger partial charge in [0.25, 0.3) is 0 Å². The second-order valence-corrected chi connectivity index (χ2v) is 12.1. The summed E-state index contributed by atoms with van der Waals surface area (Å²) in [6.45, 7) is 19.5. The molecule has 224 valence electrons. The van der Waals surface area contributed by atoms with Crippen molar-refractivity contribution in [2.75, 3.05) is 56.2 Å². The quantitative estimate of drug-likeness (QED) is 0.273. The van der Waals surface area contributed by atoms with E-state index in [1.165, 1.54) is 40.9 Å². The first kappa shape index (κ1) is 28.9. The number of carbonyl (C=O) groups excluding carboxylic acids is 1. The summed E-state index contributed by atoms with van der Waals surface area (Å²) in [5.74, 6) is 0.745. The molecule has 0 bridgehead atoms. The van der Waals surface area contributed by atoms with Gasteiger partial charge in [-0.25, -0.2) is 6.57 Å². The molecule has 1 saturated carbocycles. The Bertz CT molecular complexity index is 1560. The molecule has 0 radical (unpaired) electrons. The number of hydrogen-bond acceptors (Lipinski definition) is 7. The molecule has 1 aliphatic carbocycles. The summed E-state index contributed by atoms with van der Waals surface area (Å²) >= 11 is 0. The lowest BCUT2D eigenvalue weighted by molar-refractivity contribution is -0.128. The standard InChI is InChI=1S/C34H41N7O2/c1-6-31(42)41-18-17-40(20-27(41)19-35-4)33-28-15-16-39(30-12-8-11-25-10-7-9-23(2)32(25)30)21-29(28)36-34(37-33)43-22-24(3)38(5)26-13-14-26/h6-12,24,26-27H,1,13-22H2,2-3,5H3/t24-,27-/m0/s1. The number of aromatic nitrogens is 2. The molecule has 1 aromatic heterocycles. The van der Waals surface area contributed by atoms with Crippen molar-refractivity contribution in [2.45, 2.75) is 57.8 Å². The van der Waals surface area contributed by atoms with Gasteiger partial charge in [0.15, 0.2) is 0 Å². The largest absolute Gasteiger partial charge is 0.462 e. The summed E-state index contributed by atoms with van der Waals surface area (Å²) in [6, 6.07) is 14.0. The predicted molar refractivity (Wildman–Crippen MR) is 171 cm³/mol. The number of fused-ring (bicyclic) bond motifs is 2. The third-order valence-electron chi connectivity index (χ3n) is 9.27. The van der Waals surface area contributed by atoms with Crippen molar-refractivity contribution in [1.82, 2.24) is 19.8 Å². The van der Waals surface area contributed by atoms with Gasteiger partial charge < -0.3 is 24.3 Å². The Labute approximate surface area is 254 Å². The summed E-state index contributed by atoms with van der Waals surface area (Å²) in [7, 11) is 2.16. The smallest absolute Gasteiger partial charge is 0.318 e. The lowest BCUT2D eigenvalue weighted by atomic mass is 9.99. The predicted octanol–water partition coefficient (Wildman–Crippen LogP) is 4.48. The van der Waals surface area contributed by atoms with Gasteiger partial charge in [-0.1, -0.05) is 36.9 Å². The zero-order valence-electron chi connectivity index (χ0n) is 25.5. The van der Waals surface area contributed by atoms with Crippen molar-refractivity contribution in [3.63, 3.8) is 0 Å². The number of hydrogen-bond donors (Lipinski definition) is 0. The highest BCUT2D eigenvalue weighted by Crippen LogP contribution is 2.36. The van der Waals surface area contributed by atoms with Crippen molar-refractivity contribution >= 4 is 28.2 Å². The molecule has 3 aliphatic rings. The zero-order chi connectivity index (χ0) is 30.1. The molecule has 2 aliphatic heterocycles. The van der Waals surface area contributed by atoms with Crippen LogP contribution in [0.2, 0.25) is 0 Å². The van der Waals surface area contributed by atoms with E-state index >= 15 is 0 Å². The van der Waals surface area contributed by atoms with Gasteiger partial charge in [-0.15, -0.1) is 0 Å². The van der Waals surface area contributed by atoms with E-state index in [1.54, 1.807) is 4.90 Å². The fraction of sp³-hybridized carbons (Fsp3) is 0.471. The van der Waals surface area contributed by atoms with Crippen molar-refractivity contribution in [1.29, 1.82) is 0 Å². The molecule has 2 aromatic carbocycles. The topological polar surface area (TPSA) is 69.4 Å². The number of piperazine rings is 1. The maximum absolute atomic E-state index is 12.6. The summed E-state index contributed by atoms with van der Waals surface area (Å²) in [4.78, 5) is 35.0. The summed E-state index contributed by atoms with van der Waals surface area (Å²) in [6.07, 6.45) is 4.63. The molecular weight excluding hydrogens is 538 g/mol. The fourth-order valence-electron chi connectivity index (χ4n) is 6.56. The van der Waals surface area contributed by atoms with Crippen LogP contribution in [0.3, 0.4) is 0 Å². The Morgan fingerprint density at radius 3 is 2.72 bits per heavy atom. The molecule has 0 unspecified atom stereocenters. The summed E-state index contributed by atoms with van der Waals surface area (Å²) < 4.78 is 6.31. The number of anilines is 2. The van der Waals surface area contributed by atoms with Gasteiger partial charge in [0.1, 0.15) is 18.5 Å². The van der Waals surface area contributed by atoms with Crippen LogP contribution < -0.4 is 14.5 Å². The monoisotopic (exact) mass is 579 g/mol. The number of likely N-dealkylation sites (N-methyl/N-ethyl adjacent to an activating group) is 1. The molecule has 0 spiro atoms. The maximum atomic E-state index is 12.6. The van der Waals surface area contributed by atoms with Gasteiger partial charge in [0.2, 0.25) is 12.5 Å². The fourth-order valence-corrected chi connectivity index (χ4v) is 6.56. The van der Waals surface area contributed by atoms with Crippen molar-refractivity contribution in [2.24, 2.45) is 0 Å². The minimum absolute atomic E-state index is 0.128. The van der Waals surface area contributed by atoms with Crippen molar-refractivity contribution < 1.29 is 9.53 Å². The van der Waals surface area contributed by atoms with E-state index in [0.29, 0.717) is 44.8 Å². The third kappa shape index (κ3) is 5.89. The number of nitrogens with zero attached hydrogens (tertiary/aromatic N) is 7. The normalized spacial score (nSPS) is 19.2. The lowest BCUT2D eigenvalue weighted by Gasteiger charge is -2.41. The SMILES string of the molecule is [C-]#[N+]C[C@H]1CN(c2nc(OC[C@H](C)N(C)C3CC3)nc3c2CCN(c2cccc4cccc(C)c24)C3)CCN1C(=O)C=C. The van der Waals surface area contributed by atoms with E-state index in [-0.39, 0.29) is 24.5 Å². The van der Waals surface area contributed by atoms with Crippen LogP contribution >= 0.6 is 0 Å². The van der Waals surface area contributed by atoms with Crippen LogP contribution in [0.4, 0.5) is 11.5 Å². The molecule has 0 N–H and O–H groups in total. The van der Waals surface area contributed by atoms with Crippen LogP contribution in [0.5, 0.6) is 6.01 Å². The summed E-state index contributed by atoms with van der Waals surface area (Å²) in [5.41, 5.74) is 4.59. The van der Waals surface area contributed by atoms with Gasteiger partial charge >= 0.3 is 6.01 Å². The van der Waals surface area contributed by atoms with Crippen LogP contribution in [0.25, 0.3) is 15.6 Å². The number of rotatable bonds is 9. The van der Waals surface area contributed by atoms with Gasteiger partial charge in [-0.3, -0.25) is 9.69 Å². The molecular formula is C34H41N7O2. The highest BCUT2D eigenvalue weighted by atomic mass is 16.5. The van der Waals surface area contributed by atoms with Gasteiger partial charge in [0.05, 0.1) is 12.2 Å². The Balaban J connectivity index is 1.33. The molecule has 2 fully saturated rings. The van der Waals surface area contributed by atoms with E-state index < -0.39 is 0 Å². The molecule has 6 rings (SSSR count). The van der Waals surface area contributed by atoms with Gasteiger partial charge in [-0.05, 0) is 63.2 Å². The van der Waals surface area contributed by atoms with Gasteiger partial charge in [-0.2, -0.15) is 9.97 Å². The lowest BCUT2D eigenvalue weighted by Crippen LogP contribution is -2.56. The molecule has 2 atom stereocenters. The molecule has 9 heteroatoms. The number of aryl methyl sites for hydroxylation is 1. The first-order chi connectivity index (χ1) is 20.9. The highest BCUT2D eigenvalue weighted by molar-refractivity contribution is 5.97. The van der Waals surface area contributed by atoms with E-state index in [4.69, 9.17) is 21.3 Å². The summed E-state index contributed by atoms with van der Waals surface area (Å²) in [5, 5.41) is 2.52. The Kier molecular flexibility index (Phi) is 8.22. The molecule has 1 saturated heterocycles. The van der Waals surface area contributed by atoms with Crippen molar-refractivity contribution in [3.05, 3.63) is 77.3 Å². The van der Waals surface area contributed by atoms with E-state index in [1.807, 2.05) is 0 Å². The molecule has 43 heavy (non-hydrogen) atoms. The Morgan fingerprint density at radius 2 is 1.98 bits per heavy atom. The van der Waals surface area contributed by atoms with Crippen LogP contribution in [0.15, 0.2) is 49.1 Å². The van der Waals surface area contributed by atoms with E-state index in [0.717, 1.165) is 30.0 Å². The Morgan fingerprint density at radius 1 is 1.19 bits per heavy atom. The second kappa shape index (κ2) is 12.2. The number of carbonyl (C=O) groups is 1. The van der Waals surface area contributed by atoms with Crippen LogP contribution in [-0.4, -0.2) is 90.2 Å². The second-order valence-electron chi connectivity index (χ2n) is 12.1. The third-order valence-corrected chi connectivity index (χ3v) is 9.27. The molecule has 3 aromatic rings. The maximum Gasteiger partial charge on any atom is 0.318 e.